The molecule has 0 unspecified atom stereocenters. The summed E-state index contributed by atoms with van der Waals surface area (Å²) in [6, 6.07) is 20.0. The van der Waals surface area contributed by atoms with Gasteiger partial charge in [0, 0.05) is 5.39 Å². The lowest BCUT2D eigenvalue weighted by Gasteiger charge is -2.06. The summed E-state index contributed by atoms with van der Waals surface area (Å²) in [5.74, 6) is 0. The van der Waals surface area contributed by atoms with Crippen molar-refractivity contribution in [3.05, 3.63) is 66.2 Å². The van der Waals surface area contributed by atoms with Gasteiger partial charge in [-0.3, -0.25) is 0 Å². The summed E-state index contributed by atoms with van der Waals surface area (Å²) in [5.41, 5.74) is 3.10. The molecule has 0 aliphatic rings. The van der Waals surface area contributed by atoms with Gasteiger partial charge in [-0.05, 0) is 58.9 Å². The summed E-state index contributed by atoms with van der Waals surface area (Å²) >= 11 is 1.46. The zero-order valence-electron chi connectivity index (χ0n) is 12.4. The van der Waals surface area contributed by atoms with Crippen LogP contribution < -0.4 is 0 Å². The fourth-order valence-corrected chi connectivity index (χ4v) is 3.31. The van der Waals surface area contributed by atoms with Gasteiger partial charge in [0.15, 0.2) is 0 Å². The van der Waals surface area contributed by atoms with E-state index in [1.807, 2.05) is 48.5 Å². The van der Waals surface area contributed by atoms with Gasteiger partial charge in [0.2, 0.25) is 5.16 Å². The van der Waals surface area contributed by atoms with Crippen LogP contribution in [0, 0.1) is 6.92 Å². The maximum absolute atomic E-state index is 4.70. The number of benzene rings is 2. The number of tetrazole rings is 1. The van der Waals surface area contributed by atoms with E-state index in [9.17, 15) is 0 Å². The summed E-state index contributed by atoms with van der Waals surface area (Å²) in [7, 11) is 0. The van der Waals surface area contributed by atoms with Crippen LogP contribution >= 0.6 is 11.8 Å². The van der Waals surface area contributed by atoms with Crippen molar-refractivity contribution in [2.75, 3.05) is 0 Å². The Kier molecular flexibility index (Phi) is 3.51. The Labute approximate surface area is 137 Å². The Morgan fingerprint density at radius 1 is 0.957 bits per heavy atom. The number of fused-ring (bicyclic) bond motifs is 1. The molecule has 0 aliphatic carbocycles. The topological polar surface area (TPSA) is 56.5 Å². The summed E-state index contributed by atoms with van der Waals surface area (Å²) in [5, 5.41) is 14.7. The van der Waals surface area contributed by atoms with Crippen molar-refractivity contribution in [1.82, 2.24) is 25.2 Å². The lowest BCUT2D eigenvalue weighted by Crippen LogP contribution is -1.98. The standard InChI is InChI=1S/C17H13N5S/c1-12-11-16(18-15-10-6-5-9-14(12)15)23-17-19-20-21-22(17)13-7-3-2-4-8-13/h2-11H,1H3. The van der Waals surface area contributed by atoms with Gasteiger partial charge in [0.25, 0.3) is 0 Å². The van der Waals surface area contributed by atoms with E-state index < -0.39 is 0 Å². The third kappa shape index (κ3) is 2.68. The monoisotopic (exact) mass is 319 g/mol. The first-order chi connectivity index (χ1) is 11.3. The summed E-state index contributed by atoms with van der Waals surface area (Å²) in [6.07, 6.45) is 0. The van der Waals surface area contributed by atoms with Gasteiger partial charge in [0.1, 0.15) is 5.03 Å². The number of hydrogen-bond donors (Lipinski definition) is 0. The quantitative estimate of drug-likeness (QED) is 0.576. The normalized spacial score (nSPS) is 11.0. The predicted octanol–water partition coefficient (Wildman–Crippen LogP) is 3.67. The zero-order valence-corrected chi connectivity index (χ0v) is 13.2. The van der Waals surface area contributed by atoms with E-state index in [0.717, 1.165) is 16.2 Å². The molecule has 0 bridgehead atoms. The Morgan fingerprint density at radius 2 is 1.74 bits per heavy atom. The van der Waals surface area contributed by atoms with Crippen molar-refractivity contribution in [3.63, 3.8) is 0 Å². The van der Waals surface area contributed by atoms with Crippen molar-refractivity contribution < 1.29 is 0 Å². The molecule has 0 N–H and O–H groups in total. The SMILES string of the molecule is Cc1cc(Sc2nnnn2-c2ccccc2)nc2ccccc12. The van der Waals surface area contributed by atoms with Crippen LogP contribution in [0.15, 0.2) is 70.8 Å². The lowest BCUT2D eigenvalue weighted by atomic mass is 10.1. The Hall–Kier alpha value is -2.73. The van der Waals surface area contributed by atoms with Crippen LogP contribution in [0.25, 0.3) is 16.6 Å². The number of nitrogens with zero attached hydrogens (tertiary/aromatic N) is 5. The van der Waals surface area contributed by atoms with Gasteiger partial charge in [0.05, 0.1) is 11.2 Å². The lowest BCUT2D eigenvalue weighted by molar-refractivity contribution is 0.756. The van der Waals surface area contributed by atoms with Crippen molar-refractivity contribution in [1.29, 1.82) is 0 Å². The molecular weight excluding hydrogens is 306 g/mol. The first-order valence-electron chi connectivity index (χ1n) is 7.19. The molecule has 0 saturated heterocycles. The maximum atomic E-state index is 4.70. The molecule has 4 rings (SSSR count). The molecule has 2 heterocycles. The molecule has 0 amide bonds. The highest BCUT2D eigenvalue weighted by Crippen LogP contribution is 2.28. The molecule has 2 aromatic carbocycles. The Bertz CT molecular complexity index is 965. The summed E-state index contributed by atoms with van der Waals surface area (Å²) < 4.78 is 1.72. The Morgan fingerprint density at radius 3 is 2.61 bits per heavy atom. The van der Waals surface area contributed by atoms with Crippen LogP contribution in [0.2, 0.25) is 0 Å². The van der Waals surface area contributed by atoms with Crippen LogP contribution in [0.4, 0.5) is 0 Å². The number of pyridine rings is 1. The molecule has 112 valence electrons. The van der Waals surface area contributed by atoms with E-state index in [-0.39, 0.29) is 0 Å². The molecule has 6 heteroatoms. The highest BCUT2D eigenvalue weighted by Gasteiger charge is 2.12. The van der Waals surface area contributed by atoms with Gasteiger partial charge in [-0.15, -0.1) is 5.10 Å². The number of aryl methyl sites for hydroxylation is 1. The largest absolute Gasteiger partial charge is 0.241 e. The average molecular weight is 319 g/mol. The fourth-order valence-electron chi connectivity index (χ4n) is 2.44. The second-order valence-electron chi connectivity index (χ2n) is 5.11. The number of aromatic nitrogens is 5. The van der Waals surface area contributed by atoms with E-state index in [2.05, 4.69) is 34.6 Å². The number of para-hydroxylation sites is 2. The van der Waals surface area contributed by atoms with Gasteiger partial charge >= 0.3 is 0 Å². The molecule has 0 spiro atoms. The molecule has 23 heavy (non-hydrogen) atoms. The van der Waals surface area contributed by atoms with Crippen LogP contribution in [0.1, 0.15) is 5.56 Å². The van der Waals surface area contributed by atoms with Gasteiger partial charge < -0.3 is 0 Å². The number of hydrogen-bond acceptors (Lipinski definition) is 5. The van der Waals surface area contributed by atoms with E-state index >= 15 is 0 Å². The molecule has 0 aliphatic heterocycles. The average Bonchev–Trinajstić information content (AvgIpc) is 3.04. The molecule has 0 fully saturated rings. The maximum Gasteiger partial charge on any atom is 0.220 e. The molecule has 5 nitrogen and oxygen atoms in total. The van der Waals surface area contributed by atoms with Crippen LogP contribution in [0.5, 0.6) is 0 Å². The fraction of sp³-hybridized carbons (Fsp3) is 0.0588. The molecule has 0 atom stereocenters. The second-order valence-corrected chi connectivity index (χ2v) is 6.09. The minimum Gasteiger partial charge on any atom is -0.241 e. The smallest absolute Gasteiger partial charge is 0.220 e. The van der Waals surface area contributed by atoms with E-state index in [1.54, 1.807) is 4.68 Å². The van der Waals surface area contributed by atoms with Crippen molar-refractivity contribution >= 4 is 22.7 Å². The van der Waals surface area contributed by atoms with E-state index in [1.165, 1.54) is 22.7 Å². The molecule has 0 radical (unpaired) electrons. The molecule has 2 aromatic heterocycles. The van der Waals surface area contributed by atoms with Gasteiger partial charge in [-0.1, -0.05) is 36.4 Å². The highest BCUT2D eigenvalue weighted by atomic mass is 32.2. The van der Waals surface area contributed by atoms with Crippen LogP contribution in [-0.4, -0.2) is 25.2 Å². The van der Waals surface area contributed by atoms with Gasteiger partial charge in [-0.25, -0.2) is 4.98 Å². The second kappa shape index (κ2) is 5.81. The first kappa shape index (κ1) is 13.9. The minimum absolute atomic E-state index is 0.693. The molecule has 4 aromatic rings. The van der Waals surface area contributed by atoms with Crippen molar-refractivity contribution in [2.45, 2.75) is 17.1 Å². The third-order valence-corrected chi connectivity index (χ3v) is 4.39. The van der Waals surface area contributed by atoms with E-state index in [0.29, 0.717) is 5.16 Å². The summed E-state index contributed by atoms with van der Waals surface area (Å²) in [4.78, 5) is 4.70. The zero-order chi connectivity index (χ0) is 15.6. The molecular formula is C17H13N5S. The predicted molar refractivity (Wildman–Crippen MR) is 89.8 cm³/mol. The summed E-state index contributed by atoms with van der Waals surface area (Å²) in [6.45, 7) is 2.09. The van der Waals surface area contributed by atoms with Crippen LogP contribution in [-0.2, 0) is 0 Å². The van der Waals surface area contributed by atoms with E-state index in [4.69, 9.17) is 4.98 Å². The Balaban J connectivity index is 1.74. The third-order valence-electron chi connectivity index (χ3n) is 3.54. The van der Waals surface area contributed by atoms with Gasteiger partial charge in [-0.2, -0.15) is 4.68 Å². The highest BCUT2D eigenvalue weighted by molar-refractivity contribution is 7.99. The minimum atomic E-state index is 0.693. The van der Waals surface area contributed by atoms with Crippen molar-refractivity contribution in [2.24, 2.45) is 0 Å². The molecule has 0 saturated carbocycles. The first-order valence-corrected chi connectivity index (χ1v) is 8.01. The van der Waals surface area contributed by atoms with Crippen molar-refractivity contribution in [3.8, 4) is 5.69 Å². The van der Waals surface area contributed by atoms with Crippen LogP contribution in [0.3, 0.4) is 0 Å². The number of rotatable bonds is 3.